The zero-order valence-electron chi connectivity index (χ0n) is 16.8. The van der Waals surface area contributed by atoms with E-state index in [9.17, 15) is 9.59 Å². The first kappa shape index (κ1) is 19.2. The first-order valence-corrected chi connectivity index (χ1v) is 10.1. The third-order valence-electron chi connectivity index (χ3n) is 5.69. The van der Waals surface area contributed by atoms with Crippen LogP contribution in [0.15, 0.2) is 53.3 Å². The molecule has 3 aromatic rings. The standard InChI is InChI=1S/C24H26N2O3/c1-15-3-10-22-18(11-15)12-19(24(28)26-22)14-25-23(27)13-21(16-4-5-16)17-6-8-20(29-2)9-7-17/h3,6-12,16,21H,4-5,13-14H2,1-2H3,(H,25,27)(H,26,28). The van der Waals surface area contributed by atoms with E-state index in [0.29, 0.717) is 17.9 Å². The van der Waals surface area contributed by atoms with E-state index in [4.69, 9.17) is 4.74 Å². The van der Waals surface area contributed by atoms with Gasteiger partial charge >= 0.3 is 0 Å². The van der Waals surface area contributed by atoms with Gasteiger partial charge in [-0.2, -0.15) is 0 Å². The minimum atomic E-state index is -0.157. The first-order chi connectivity index (χ1) is 14.0. The number of hydrogen-bond acceptors (Lipinski definition) is 3. The summed E-state index contributed by atoms with van der Waals surface area (Å²) in [6.07, 6.45) is 2.75. The van der Waals surface area contributed by atoms with Gasteiger partial charge in [0.15, 0.2) is 0 Å². The number of carbonyl (C=O) groups is 1. The van der Waals surface area contributed by atoms with Gasteiger partial charge in [-0.05, 0) is 72.9 Å². The second kappa shape index (κ2) is 8.11. The lowest BCUT2D eigenvalue weighted by Crippen LogP contribution is -2.28. The molecule has 1 heterocycles. The van der Waals surface area contributed by atoms with Crippen molar-refractivity contribution in [2.75, 3.05) is 7.11 Å². The lowest BCUT2D eigenvalue weighted by atomic mass is 9.90. The number of methoxy groups -OCH3 is 1. The van der Waals surface area contributed by atoms with Gasteiger partial charge in [0, 0.05) is 24.0 Å². The Hall–Kier alpha value is -3.08. The number of ether oxygens (including phenoxy) is 1. The normalized spacial score (nSPS) is 14.6. The second-order valence-corrected chi connectivity index (χ2v) is 7.91. The fourth-order valence-electron chi connectivity index (χ4n) is 3.87. The lowest BCUT2D eigenvalue weighted by Gasteiger charge is -2.17. The van der Waals surface area contributed by atoms with E-state index in [1.54, 1.807) is 7.11 Å². The Morgan fingerprint density at radius 3 is 2.62 bits per heavy atom. The number of rotatable bonds is 7. The number of aryl methyl sites for hydroxylation is 1. The maximum absolute atomic E-state index is 12.6. The predicted molar refractivity (Wildman–Crippen MR) is 114 cm³/mol. The molecule has 0 aliphatic heterocycles. The van der Waals surface area contributed by atoms with Crippen molar-refractivity contribution in [3.05, 3.63) is 75.6 Å². The molecule has 0 bridgehead atoms. The number of amides is 1. The van der Waals surface area contributed by atoms with Gasteiger partial charge in [-0.25, -0.2) is 0 Å². The maximum atomic E-state index is 12.6. The molecular formula is C24H26N2O3. The third kappa shape index (κ3) is 4.50. The van der Waals surface area contributed by atoms with Gasteiger partial charge in [0.2, 0.25) is 5.91 Å². The van der Waals surface area contributed by atoms with Crippen molar-refractivity contribution in [2.24, 2.45) is 5.92 Å². The molecule has 1 atom stereocenters. The van der Waals surface area contributed by atoms with E-state index in [0.717, 1.165) is 35.1 Å². The Morgan fingerprint density at radius 2 is 1.93 bits per heavy atom. The van der Waals surface area contributed by atoms with Gasteiger partial charge < -0.3 is 15.0 Å². The summed E-state index contributed by atoms with van der Waals surface area (Å²) >= 11 is 0. The molecule has 0 saturated heterocycles. The molecule has 1 aliphatic rings. The Kier molecular flexibility index (Phi) is 5.38. The van der Waals surface area contributed by atoms with E-state index < -0.39 is 0 Å². The minimum Gasteiger partial charge on any atom is -0.497 e. The highest BCUT2D eigenvalue weighted by Crippen LogP contribution is 2.44. The summed E-state index contributed by atoms with van der Waals surface area (Å²) in [6, 6.07) is 15.8. The number of fused-ring (bicyclic) bond motifs is 1. The summed E-state index contributed by atoms with van der Waals surface area (Å²) in [6.45, 7) is 2.25. The Balaban J connectivity index is 1.44. The first-order valence-electron chi connectivity index (χ1n) is 10.1. The zero-order valence-corrected chi connectivity index (χ0v) is 16.8. The summed E-state index contributed by atoms with van der Waals surface area (Å²) in [5, 5.41) is 3.92. The molecule has 1 fully saturated rings. The van der Waals surface area contributed by atoms with E-state index >= 15 is 0 Å². The molecule has 0 radical (unpaired) electrons. The van der Waals surface area contributed by atoms with Crippen molar-refractivity contribution in [1.82, 2.24) is 10.3 Å². The van der Waals surface area contributed by atoms with Crippen molar-refractivity contribution in [3.8, 4) is 5.75 Å². The molecule has 29 heavy (non-hydrogen) atoms. The molecule has 1 amide bonds. The summed E-state index contributed by atoms with van der Waals surface area (Å²) in [4.78, 5) is 27.9. The highest BCUT2D eigenvalue weighted by atomic mass is 16.5. The van der Waals surface area contributed by atoms with Crippen LogP contribution in [-0.2, 0) is 11.3 Å². The molecule has 1 aliphatic carbocycles. The van der Waals surface area contributed by atoms with Crippen molar-refractivity contribution in [2.45, 2.75) is 38.6 Å². The molecule has 2 N–H and O–H groups in total. The smallest absolute Gasteiger partial charge is 0.253 e. The van der Waals surface area contributed by atoms with Crippen LogP contribution in [0.2, 0.25) is 0 Å². The van der Waals surface area contributed by atoms with Crippen molar-refractivity contribution in [3.63, 3.8) is 0 Å². The van der Waals surface area contributed by atoms with Gasteiger partial charge in [0.05, 0.1) is 7.11 Å². The lowest BCUT2D eigenvalue weighted by molar-refractivity contribution is -0.121. The molecule has 1 unspecified atom stereocenters. The van der Waals surface area contributed by atoms with Crippen LogP contribution in [0.5, 0.6) is 5.75 Å². The zero-order chi connectivity index (χ0) is 20.4. The van der Waals surface area contributed by atoms with E-state index in [1.807, 2.05) is 55.5 Å². The topological polar surface area (TPSA) is 71.2 Å². The van der Waals surface area contributed by atoms with Crippen LogP contribution in [0, 0.1) is 12.8 Å². The van der Waals surface area contributed by atoms with Gasteiger partial charge in [-0.3, -0.25) is 9.59 Å². The van der Waals surface area contributed by atoms with Crippen molar-refractivity contribution >= 4 is 16.8 Å². The number of H-pyrrole nitrogens is 1. The van der Waals surface area contributed by atoms with Crippen LogP contribution in [0.3, 0.4) is 0 Å². The molecule has 5 nitrogen and oxygen atoms in total. The molecular weight excluding hydrogens is 364 g/mol. The van der Waals surface area contributed by atoms with Crippen LogP contribution in [0.1, 0.15) is 41.9 Å². The summed E-state index contributed by atoms with van der Waals surface area (Å²) in [5.41, 5.74) is 3.53. The molecule has 4 rings (SSSR count). The number of benzene rings is 2. The predicted octanol–water partition coefficient (Wildman–Crippen LogP) is 4.05. The quantitative estimate of drug-likeness (QED) is 0.639. The van der Waals surface area contributed by atoms with Crippen LogP contribution in [0.25, 0.3) is 10.9 Å². The highest BCUT2D eigenvalue weighted by Gasteiger charge is 2.33. The van der Waals surface area contributed by atoms with Crippen molar-refractivity contribution in [1.29, 1.82) is 0 Å². The SMILES string of the molecule is COc1ccc(C(CC(=O)NCc2cc3cc(C)ccc3[nH]c2=O)C2CC2)cc1. The van der Waals surface area contributed by atoms with Crippen molar-refractivity contribution < 1.29 is 9.53 Å². The average molecular weight is 390 g/mol. The largest absolute Gasteiger partial charge is 0.497 e. The molecule has 1 aromatic heterocycles. The molecule has 2 aromatic carbocycles. The fourth-order valence-corrected chi connectivity index (χ4v) is 3.87. The molecule has 0 spiro atoms. The second-order valence-electron chi connectivity index (χ2n) is 7.91. The number of pyridine rings is 1. The Bertz CT molecular complexity index is 1080. The molecule has 5 heteroatoms. The van der Waals surface area contributed by atoms with E-state index in [2.05, 4.69) is 10.3 Å². The number of aromatic amines is 1. The highest BCUT2D eigenvalue weighted by molar-refractivity contribution is 5.80. The van der Waals surface area contributed by atoms with Gasteiger partial charge in [-0.15, -0.1) is 0 Å². The van der Waals surface area contributed by atoms with Crippen LogP contribution in [-0.4, -0.2) is 18.0 Å². The Morgan fingerprint density at radius 1 is 1.17 bits per heavy atom. The van der Waals surface area contributed by atoms with Gasteiger partial charge in [0.1, 0.15) is 5.75 Å². The summed E-state index contributed by atoms with van der Waals surface area (Å²) in [7, 11) is 1.65. The number of nitrogens with one attached hydrogen (secondary N) is 2. The monoisotopic (exact) mass is 390 g/mol. The molecule has 150 valence electrons. The number of aromatic nitrogens is 1. The fraction of sp³-hybridized carbons (Fsp3) is 0.333. The minimum absolute atomic E-state index is 0.0264. The van der Waals surface area contributed by atoms with Crippen LogP contribution < -0.4 is 15.6 Å². The summed E-state index contributed by atoms with van der Waals surface area (Å²) in [5.74, 6) is 1.56. The van der Waals surface area contributed by atoms with Gasteiger partial charge in [-0.1, -0.05) is 23.8 Å². The van der Waals surface area contributed by atoms with E-state index in [1.165, 1.54) is 5.56 Å². The van der Waals surface area contributed by atoms with Crippen LogP contribution >= 0.6 is 0 Å². The number of carbonyl (C=O) groups excluding carboxylic acids is 1. The van der Waals surface area contributed by atoms with Crippen LogP contribution in [0.4, 0.5) is 0 Å². The number of hydrogen-bond donors (Lipinski definition) is 2. The molecule has 1 saturated carbocycles. The summed E-state index contributed by atoms with van der Waals surface area (Å²) < 4.78 is 5.23. The average Bonchev–Trinajstić information content (AvgIpc) is 3.56. The third-order valence-corrected chi connectivity index (χ3v) is 5.69. The maximum Gasteiger partial charge on any atom is 0.253 e. The Labute approximate surface area is 170 Å². The van der Waals surface area contributed by atoms with E-state index in [-0.39, 0.29) is 23.9 Å². The van der Waals surface area contributed by atoms with Gasteiger partial charge in [0.25, 0.3) is 5.56 Å².